The number of halogens is 3. The van der Waals surface area contributed by atoms with Gasteiger partial charge in [-0.2, -0.15) is 13.2 Å². The first-order valence-electron chi connectivity index (χ1n) is 8.89. The lowest BCUT2D eigenvalue weighted by Crippen LogP contribution is -2.47. The van der Waals surface area contributed by atoms with Crippen LogP contribution in [-0.4, -0.2) is 46.6 Å². The van der Waals surface area contributed by atoms with E-state index in [-0.39, 0.29) is 18.1 Å². The zero-order chi connectivity index (χ0) is 21.6. The number of carbonyl (C=O) groups is 2. The number of fused-ring (bicyclic) bond motifs is 1. The molecule has 3 aromatic rings. The second kappa shape index (κ2) is 7.01. The highest BCUT2D eigenvalue weighted by Crippen LogP contribution is 2.33. The Morgan fingerprint density at radius 3 is 2.77 bits per heavy atom. The van der Waals surface area contributed by atoms with Crippen LogP contribution in [0, 0.1) is 6.92 Å². The molecular weight excluding hydrogens is 403 g/mol. The summed E-state index contributed by atoms with van der Waals surface area (Å²) in [6.45, 7) is 1.06. The van der Waals surface area contributed by atoms with Gasteiger partial charge in [-0.15, -0.1) is 0 Å². The van der Waals surface area contributed by atoms with E-state index in [0.717, 1.165) is 22.4 Å². The van der Waals surface area contributed by atoms with Crippen molar-refractivity contribution in [2.45, 2.75) is 19.1 Å². The van der Waals surface area contributed by atoms with Crippen molar-refractivity contribution in [3.05, 3.63) is 47.8 Å². The number of H-pyrrole nitrogens is 1. The van der Waals surface area contributed by atoms with Gasteiger partial charge in [0.25, 0.3) is 5.91 Å². The van der Waals surface area contributed by atoms with E-state index in [1.54, 1.807) is 18.3 Å². The Morgan fingerprint density at radius 2 is 2.03 bits per heavy atom. The van der Waals surface area contributed by atoms with Gasteiger partial charge in [-0.05, 0) is 37.3 Å². The van der Waals surface area contributed by atoms with E-state index in [0.29, 0.717) is 11.5 Å². The Kier molecular flexibility index (Phi) is 4.60. The number of aromatic amines is 1. The summed E-state index contributed by atoms with van der Waals surface area (Å²) in [5.41, 5.74) is -0.348. The van der Waals surface area contributed by atoms with E-state index in [1.165, 1.54) is 18.9 Å². The number of amides is 2. The van der Waals surface area contributed by atoms with E-state index in [4.69, 9.17) is 4.74 Å². The van der Waals surface area contributed by atoms with Crippen molar-refractivity contribution in [3.8, 4) is 0 Å². The standard InChI is InChI=1S/C19H16F3N5O3/c1-10-7-12(19(20,21)22)8-15(24-10)27-13(9-30-18(27)29)17(28)26(2)14-4-3-11-5-6-23-16(11)25-14/h3-8,13H,9H2,1-2H3,(H,23,25). The number of pyridine rings is 2. The Bertz CT molecular complexity index is 1140. The van der Waals surface area contributed by atoms with Crippen LogP contribution in [0.5, 0.6) is 0 Å². The minimum atomic E-state index is -4.63. The molecular formula is C19H16F3N5O3. The molecule has 2 amide bonds. The molecule has 1 unspecified atom stereocenters. The summed E-state index contributed by atoms with van der Waals surface area (Å²) in [4.78, 5) is 38.7. The summed E-state index contributed by atoms with van der Waals surface area (Å²) in [7, 11) is 1.46. The van der Waals surface area contributed by atoms with E-state index in [2.05, 4.69) is 15.0 Å². The molecule has 30 heavy (non-hydrogen) atoms. The van der Waals surface area contributed by atoms with Gasteiger partial charge < -0.3 is 9.72 Å². The number of hydrogen-bond acceptors (Lipinski definition) is 5. The van der Waals surface area contributed by atoms with Gasteiger partial charge in [0.15, 0.2) is 6.04 Å². The third kappa shape index (κ3) is 3.42. The molecule has 3 aromatic heterocycles. The van der Waals surface area contributed by atoms with Crippen LogP contribution in [0.1, 0.15) is 11.3 Å². The minimum absolute atomic E-state index is 0.0536. The molecule has 11 heteroatoms. The van der Waals surface area contributed by atoms with Crippen LogP contribution in [0.2, 0.25) is 0 Å². The predicted molar refractivity (Wildman–Crippen MR) is 101 cm³/mol. The zero-order valence-corrected chi connectivity index (χ0v) is 15.9. The van der Waals surface area contributed by atoms with Crippen LogP contribution < -0.4 is 9.80 Å². The number of nitrogens with zero attached hydrogens (tertiary/aromatic N) is 4. The van der Waals surface area contributed by atoms with Gasteiger partial charge >= 0.3 is 12.3 Å². The highest BCUT2D eigenvalue weighted by Gasteiger charge is 2.43. The average molecular weight is 419 g/mol. The number of alkyl halides is 3. The molecule has 8 nitrogen and oxygen atoms in total. The van der Waals surface area contributed by atoms with Crippen LogP contribution >= 0.6 is 0 Å². The summed E-state index contributed by atoms with van der Waals surface area (Å²) >= 11 is 0. The average Bonchev–Trinajstić information content (AvgIpc) is 3.31. The molecule has 1 N–H and O–H groups in total. The van der Waals surface area contributed by atoms with Gasteiger partial charge in [0.05, 0.1) is 5.56 Å². The van der Waals surface area contributed by atoms with Crippen molar-refractivity contribution >= 4 is 34.7 Å². The van der Waals surface area contributed by atoms with Gasteiger partial charge in [-0.25, -0.2) is 19.7 Å². The maximum absolute atomic E-state index is 13.2. The number of aromatic nitrogens is 3. The van der Waals surface area contributed by atoms with Crippen LogP contribution in [0.25, 0.3) is 11.0 Å². The van der Waals surface area contributed by atoms with Crippen molar-refractivity contribution in [3.63, 3.8) is 0 Å². The number of carbonyl (C=O) groups excluding carboxylic acids is 2. The van der Waals surface area contributed by atoms with Crippen molar-refractivity contribution in [2.75, 3.05) is 23.5 Å². The molecule has 1 saturated heterocycles. The second-order valence-electron chi connectivity index (χ2n) is 6.80. The van der Waals surface area contributed by atoms with Gasteiger partial charge in [-0.3, -0.25) is 9.69 Å². The predicted octanol–water partition coefficient (Wildman–Crippen LogP) is 3.27. The van der Waals surface area contributed by atoms with Crippen molar-refractivity contribution in [1.82, 2.24) is 15.0 Å². The number of likely N-dealkylation sites (N-methyl/N-ethyl adjacent to an activating group) is 1. The normalized spacial score (nSPS) is 16.8. The Balaban J connectivity index is 1.67. The molecule has 4 rings (SSSR count). The first-order chi connectivity index (χ1) is 14.1. The number of ether oxygens (including phenoxy) is 1. The first-order valence-corrected chi connectivity index (χ1v) is 8.89. The number of hydrogen-bond donors (Lipinski definition) is 1. The van der Waals surface area contributed by atoms with E-state index < -0.39 is 29.8 Å². The summed E-state index contributed by atoms with van der Waals surface area (Å²) < 4.78 is 44.5. The lowest BCUT2D eigenvalue weighted by atomic mass is 10.2. The number of nitrogens with one attached hydrogen (secondary N) is 1. The molecule has 1 atom stereocenters. The lowest BCUT2D eigenvalue weighted by Gasteiger charge is -2.25. The molecule has 0 saturated carbocycles. The summed E-state index contributed by atoms with van der Waals surface area (Å²) in [5, 5.41) is 0.851. The SMILES string of the molecule is Cc1cc(C(F)(F)F)cc(N2C(=O)OCC2C(=O)N(C)c2ccc3cc[nH]c3n2)n1. The summed E-state index contributed by atoms with van der Waals surface area (Å²) in [6.07, 6.45) is -3.87. The lowest BCUT2D eigenvalue weighted by molar-refractivity contribution is -0.137. The fraction of sp³-hybridized carbons (Fsp3) is 0.263. The maximum atomic E-state index is 13.2. The van der Waals surface area contributed by atoms with Crippen molar-refractivity contribution in [1.29, 1.82) is 0 Å². The molecule has 156 valence electrons. The smallest absolute Gasteiger partial charge is 0.416 e. The molecule has 4 heterocycles. The van der Waals surface area contributed by atoms with Crippen molar-refractivity contribution < 1.29 is 27.5 Å². The molecule has 1 aliphatic heterocycles. The molecule has 1 aliphatic rings. The van der Waals surface area contributed by atoms with Crippen LogP contribution in [-0.2, 0) is 15.7 Å². The molecule has 0 bridgehead atoms. The van der Waals surface area contributed by atoms with Gasteiger partial charge in [0.2, 0.25) is 0 Å². The monoisotopic (exact) mass is 419 g/mol. The largest absolute Gasteiger partial charge is 0.446 e. The second-order valence-corrected chi connectivity index (χ2v) is 6.80. The molecule has 0 spiro atoms. The molecule has 0 aliphatic carbocycles. The molecule has 0 radical (unpaired) electrons. The van der Waals surface area contributed by atoms with Gasteiger partial charge in [0, 0.05) is 24.3 Å². The maximum Gasteiger partial charge on any atom is 0.416 e. The number of anilines is 2. The quantitative estimate of drug-likeness (QED) is 0.704. The number of aryl methyl sites for hydroxylation is 1. The fourth-order valence-electron chi connectivity index (χ4n) is 3.24. The molecule has 1 fully saturated rings. The van der Waals surface area contributed by atoms with Gasteiger partial charge in [-0.1, -0.05) is 0 Å². The number of cyclic esters (lactones) is 1. The van der Waals surface area contributed by atoms with Crippen molar-refractivity contribution in [2.24, 2.45) is 0 Å². The van der Waals surface area contributed by atoms with Crippen LogP contribution in [0.4, 0.5) is 29.6 Å². The highest BCUT2D eigenvalue weighted by molar-refractivity contribution is 6.05. The van der Waals surface area contributed by atoms with E-state index in [9.17, 15) is 22.8 Å². The Labute approximate surface area is 168 Å². The first kappa shape index (κ1) is 19.7. The summed E-state index contributed by atoms with van der Waals surface area (Å²) in [6, 6.07) is 5.62. The van der Waals surface area contributed by atoms with Crippen LogP contribution in [0.15, 0.2) is 36.5 Å². The topological polar surface area (TPSA) is 91.4 Å². The zero-order valence-electron chi connectivity index (χ0n) is 15.9. The fourth-order valence-corrected chi connectivity index (χ4v) is 3.24. The Hall–Kier alpha value is -3.63. The molecule has 0 aromatic carbocycles. The number of rotatable bonds is 3. The highest BCUT2D eigenvalue weighted by atomic mass is 19.4. The summed E-state index contributed by atoms with van der Waals surface area (Å²) in [5.74, 6) is -0.567. The van der Waals surface area contributed by atoms with Crippen LogP contribution in [0.3, 0.4) is 0 Å². The van der Waals surface area contributed by atoms with E-state index in [1.807, 2.05) is 6.07 Å². The Morgan fingerprint density at radius 1 is 1.27 bits per heavy atom. The minimum Gasteiger partial charge on any atom is -0.446 e. The third-order valence-electron chi connectivity index (χ3n) is 4.74. The third-order valence-corrected chi connectivity index (χ3v) is 4.74. The van der Waals surface area contributed by atoms with Gasteiger partial charge in [0.1, 0.15) is 23.9 Å². The van der Waals surface area contributed by atoms with E-state index >= 15 is 0 Å².